The zero-order chi connectivity index (χ0) is 17.4. The highest BCUT2D eigenvalue weighted by Crippen LogP contribution is 2.24. The summed E-state index contributed by atoms with van der Waals surface area (Å²) < 4.78 is 0. The van der Waals surface area contributed by atoms with E-state index < -0.39 is 11.5 Å². The molecule has 0 radical (unpaired) electrons. The quantitative estimate of drug-likeness (QED) is 0.613. The van der Waals surface area contributed by atoms with Gasteiger partial charge in [0.2, 0.25) is 0 Å². The molecule has 0 saturated carbocycles. The lowest BCUT2D eigenvalue weighted by atomic mass is 10.1. The summed E-state index contributed by atoms with van der Waals surface area (Å²) in [5.41, 5.74) is -0.261. The molecule has 1 aromatic carbocycles. The average Bonchev–Trinajstić information content (AvgIpc) is 2.57. The minimum Gasteiger partial charge on any atom is -0.506 e. The van der Waals surface area contributed by atoms with Crippen LogP contribution in [0.25, 0.3) is 10.9 Å². The number of fused-ring (bicyclic) bond motifs is 1. The number of carbonyl (C=O) groups excluding carboxylic acids is 1. The summed E-state index contributed by atoms with van der Waals surface area (Å²) >= 11 is 0. The first kappa shape index (κ1) is 18.0. The smallest absolute Gasteiger partial charge is 0.265 e. The van der Waals surface area contributed by atoms with Crippen molar-refractivity contribution in [3.05, 3.63) is 40.2 Å². The topological polar surface area (TPSA) is 82.2 Å². The second-order valence-corrected chi connectivity index (χ2v) is 6.10. The van der Waals surface area contributed by atoms with Gasteiger partial charge in [-0.05, 0) is 18.6 Å². The maximum absolute atomic E-state index is 12.2. The van der Waals surface area contributed by atoms with Crippen LogP contribution in [-0.2, 0) is 0 Å². The van der Waals surface area contributed by atoms with Crippen molar-refractivity contribution in [3.63, 3.8) is 0 Å². The molecular weight excluding hydrogens is 304 g/mol. The summed E-state index contributed by atoms with van der Waals surface area (Å²) in [6.07, 6.45) is 8.11. The largest absolute Gasteiger partial charge is 0.506 e. The molecule has 0 unspecified atom stereocenters. The SMILES string of the molecule is CCCCCCCCCNC(=O)c1c(O)c2ccccc2[nH]c1=O. The van der Waals surface area contributed by atoms with E-state index in [1.807, 2.05) is 0 Å². The molecule has 0 saturated heterocycles. The molecular formula is C19H26N2O3. The molecule has 0 aliphatic rings. The number of aromatic hydroxyl groups is 1. The van der Waals surface area contributed by atoms with E-state index in [0.717, 1.165) is 19.3 Å². The van der Waals surface area contributed by atoms with Crippen LogP contribution in [0.1, 0.15) is 62.2 Å². The van der Waals surface area contributed by atoms with E-state index in [4.69, 9.17) is 0 Å². The molecule has 0 fully saturated rings. The number of carbonyl (C=O) groups is 1. The molecule has 5 heteroatoms. The van der Waals surface area contributed by atoms with E-state index in [2.05, 4.69) is 17.2 Å². The van der Waals surface area contributed by atoms with E-state index >= 15 is 0 Å². The van der Waals surface area contributed by atoms with Crippen molar-refractivity contribution in [2.24, 2.45) is 0 Å². The summed E-state index contributed by atoms with van der Waals surface area (Å²) in [6, 6.07) is 6.88. The zero-order valence-corrected chi connectivity index (χ0v) is 14.2. The standard InChI is InChI=1S/C19H26N2O3/c1-2-3-4-5-6-7-10-13-20-18(23)16-17(22)14-11-8-9-12-15(14)21-19(16)24/h8-9,11-12H,2-7,10,13H2,1H3,(H,20,23)(H2,21,22,24). The highest BCUT2D eigenvalue weighted by Gasteiger charge is 2.18. The highest BCUT2D eigenvalue weighted by molar-refractivity contribution is 6.01. The molecule has 0 atom stereocenters. The van der Waals surface area contributed by atoms with Gasteiger partial charge in [-0.1, -0.05) is 57.6 Å². The summed E-state index contributed by atoms with van der Waals surface area (Å²) in [6.45, 7) is 2.71. The molecule has 2 aromatic rings. The second kappa shape index (κ2) is 9.11. The van der Waals surface area contributed by atoms with Gasteiger partial charge in [0.1, 0.15) is 11.3 Å². The van der Waals surface area contributed by atoms with Crippen molar-refractivity contribution < 1.29 is 9.90 Å². The number of nitrogens with one attached hydrogen (secondary N) is 2. The minimum atomic E-state index is -0.566. The van der Waals surface area contributed by atoms with Gasteiger partial charge in [0.15, 0.2) is 0 Å². The molecule has 1 aromatic heterocycles. The Hall–Kier alpha value is -2.30. The Balaban J connectivity index is 1.89. The van der Waals surface area contributed by atoms with E-state index in [9.17, 15) is 14.7 Å². The number of benzene rings is 1. The van der Waals surface area contributed by atoms with Crippen molar-refractivity contribution in [2.45, 2.75) is 51.9 Å². The Labute approximate surface area is 142 Å². The molecule has 0 aliphatic heterocycles. The fourth-order valence-electron chi connectivity index (χ4n) is 2.81. The van der Waals surface area contributed by atoms with Gasteiger partial charge in [-0.25, -0.2) is 0 Å². The summed E-state index contributed by atoms with van der Waals surface area (Å²) in [7, 11) is 0. The molecule has 130 valence electrons. The number of aromatic amines is 1. The van der Waals surface area contributed by atoms with Crippen LogP contribution in [-0.4, -0.2) is 22.5 Å². The minimum absolute atomic E-state index is 0.211. The van der Waals surface area contributed by atoms with Gasteiger partial charge in [0.05, 0.1) is 5.52 Å². The fourth-order valence-corrected chi connectivity index (χ4v) is 2.81. The molecule has 3 N–H and O–H groups in total. The van der Waals surface area contributed by atoms with Crippen LogP contribution in [0.15, 0.2) is 29.1 Å². The first-order valence-electron chi connectivity index (χ1n) is 8.77. The van der Waals surface area contributed by atoms with Crippen LogP contribution in [0, 0.1) is 0 Å². The van der Waals surface area contributed by atoms with Crippen molar-refractivity contribution in [1.82, 2.24) is 10.3 Å². The van der Waals surface area contributed by atoms with Crippen LogP contribution >= 0.6 is 0 Å². The van der Waals surface area contributed by atoms with Crippen molar-refractivity contribution in [2.75, 3.05) is 6.54 Å². The number of aromatic nitrogens is 1. The van der Waals surface area contributed by atoms with E-state index in [-0.39, 0.29) is 11.3 Å². The molecule has 1 heterocycles. The van der Waals surface area contributed by atoms with E-state index in [1.54, 1.807) is 24.3 Å². The van der Waals surface area contributed by atoms with Crippen LogP contribution in [0.3, 0.4) is 0 Å². The summed E-state index contributed by atoms with van der Waals surface area (Å²) in [5.74, 6) is -0.781. The van der Waals surface area contributed by atoms with Crippen LogP contribution < -0.4 is 10.9 Å². The van der Waals surface area contributed by atoms with Crippen molar-refractivity contribution >= 4 is 16.8 Å². The van der Waals surface area contributed by atoms with Crippen LogP contribution in [0.2, 0.25) is 0 Å². The van der Waals surface area contributed by atoms with Gasteiger partial charge in [-0.15, -0.1) is 0 Å². The van der Waals surface area contributed by atoms with Crippen molar-refractivity contribution in [3.8, 4) is 5.75 Å². The first-order valence-corrected chi connectivity index (χ1v) is 8.77. The molecule has 0 aliphatic carbocycles. The van der Waals surface area contributed by atoms with E-state index in [1.165, 1.54) is 25.7 Å². The third-order valence-electron chi connectivity index (χ3n) is 4.19. The Morgan fingerprint density at radius 1 is 1.08 bits per heavy atom. The maximum atomic E-state index is 12.2. The van der Waals surface area contributed by atoms with Gasteiger partial charge >= 0.3 is 0 Å². The van der Waals surface area contributed by atoms with Gasteiger partial charge in [0, 0.05) is 11.9 Å². The molecule has 0 spiro atoms. The van der Waals surface area contributed by atoms with Crippen molar-refractivity contribution in [1.29, 1.82) is 0 Å². The number of hydrogen-bond donors (Lipinski definition) is 3. The van der Waals surface area contributed by atoms with Gasteiger partial charge in [0.25, 0.3) is 11.5 Å². The molecule has 1 amide bonds. The number of rotatable bonds is 9. The molecule has 5 nitrogen and oxygen atoms in total. The molecule has 24 heavy (non-hydrogen) atoms. The Morgan fingerprint density at radius 2 is 1.75 bits per heavy atom. The summed E-state index contributed by atoms with van der Waals surface area (Å²) in [4.78, 5) is 26.9. The predicted molar refractivity (Wildman–Crippen MR) is 96.6 cm³/mol. The number of unbranched alkanes of at least 4 members (excludes halogenated alkanes) is 6. The maximum Gasteiger partial charge on any atom is 0.265 e. The number of hydrogen-bond acceptors (Lipinski definition) is 3. The summed E-state index contributed by atoms with van der Waals surface area (Å²) in [5, 5.41) is 13.4. The third-order valence-corrected chi connectivity index (χ3v) is 4.19. The number of para-hydroxylation sites is 1. The predicted octanol–water partition coefficient (Wildman–Crippen LogP) is 3.71. The molecule has 0 bridgehead atoms. The lowest BCUT2D eigenvalue weighted by molar-refractivity contribution is 0.0949. The second-order valence-electron chi connectivity index (χ2n) is 6.10. The Bertz CT molecular complexity index is 737. The average molecular weight is 330 g/mol. The van der Waals surface area contributed by atoms with Crippen LogP contribution in [0.4, 0.5) is 0 Å². The highest BCUT2D eigenvalue weighted by atomic mass is 16.3. The lowest BCUT2D eigenvalue weighted by Crippen LogP contribution is -2.30. The number of amides is 1. The Kier molecular flexibility index (Phi) is 6.85. The first-order chi connectivity index (χ1) is 11.6. The monoisotopic (exact) mass is 330 g/mol. The number of pyridine rings is 1. The van der Waals surface area contributed by atoms with Gasteiger partial charge < -0.3 is 15.4 Å². The van der Waals surface area contributed by atoms with Crippen LogP contribution in [0.5, 0.6) is 5.75 Å². The van der Waals surface area contributed by atoms with Gasteiger partial charge in [-0.3, -0.25) is 9.59 Å². The zero-order valence-electron chi connectivity index (χ0n) is 14.2. The normalized spacial score (nSPS) is 10.9. The number of H-pyrrole nitrogens is 1. The van der Waals surface area contributed by atoms with E-state index in [0.29, 0.717) is 17.4 Å². The third kappa shape index (κ3) is 4.60. The molecule has 2 rings (SSSR count). The lowest BCUT2D eigenvalue weighted by Gasteiger charge is -2.08. The fraction of sp³-hybridized carbons (Fsp3) is 0.474. The van der Waals surface area contributed by atoms with Gasteiger partial charge in [-0.2, -0.15) is 0 Å². The Morgan fingerprint density at radius 3 is 2.50 bits per heavy atom.